The molecule has 0 aromatic carbocycles. The zero-order valence-electron chi connectivity index (χ0n) is 14.9. The summed E-state index contributed by atoms with van der Waals surface area (Å²) >= 11 is 0. The highest BCUT2D eigenvalue weighted by Gasteiger charge is 1.95. The number of aromatic nitrogens is 1. The monoisotopic (exact) mass is 359 g/mol. The van der Waals surface area contributed by atoms with Crippen molar-refractivity contribution in [3.05, 3.63) is 30.1 Å². The van der Waals surface area contributed by atoms with Crippen LogP contribution in [0, 0.1) is 0 Å². The summed E-state index contributed by atoms with van der Waals surface area (Å²) in [4.78, 5) is 4.36. The van der Waals surface area contributed by atoms with Crippen molar-refractivity contribution in [1.29, 1.82) is 0 Å². The van der Waals surface area contributed by atoms with E-state index in [1.807, 2.05) is 12.3 Å². The predicted octanol–water partition coefficient (Wildman–Crippen LogP) is 5.28. The molecule has 0 fully saturated rings. The predicted molar refractivity (Wildman–Crippen MR) is 98.6 cm³/mol. The molecule has 5 nitrogen and oxygen atoms in total. The minimum atomic E-state index is -4.67. The maximum Gasteiger partial charge on any atom is 0.394 e. The number of nitrogens with zero attached hydrogens (tertiary/aromatic N) is 1. The summed E-state index contributed by atoms with van der Waals surface area (Å²) in [7, 11) is -4.67. The van der Waals surface area contributed by atoms with Gasteiger partial charge in [-0.05, 0) is 25.0 Å². The summed E-state index contributed by atoms with van der Waals surface area (Å²) in [6.45, 7) is 2.28. The minimum absolute atomic E-state index is 1.15. The van der Waals surface area contributed by atoms with Gasteiger partial charge < -0.3 is 0 Å². The second-order valence-electron chi connectivity index (χ2n) is 6.05. The molecule has 0 aliphatic heterocycles. The molecule has 0 amide bonds. The smallest absolute Gasteiger partial charge is 0.264 e. The standard InChI is InChI=1S/C18H31N.H2O4S/c1-2-3-4-5-6-7-8-9-10-11-12-15-18-16-13-14-17-19-18;1-5(2,3)4/h13-14,16-17H,2-12,15H2,1H3;(H2,1,2,3,4). The lowest BCUT2D eigenvalue weighted by molar-refractivity contribution is 0.381. The second-order valence-corrected chi connectivity index (χ2v) is 6.95. The van der Waals surface area contributed by atoms with E-state index < -0.39 is 10.4 Å². The lowest BCUT2D eigenvalue weighted by atomic mass is 10.0. The van der Waals surface area contributed by atoms with Crippen LogP contribution < -0.4 is 0 Å². The Labute approximate surface area is 147 Å². The van der Waals surface area contributed by atoms with E-state index in [0.29, 0.717) is 0 Å². The van der Waals surface area contributed by atoms with Crippen LogP contribution in [0.4, 0.5) is 0 Å². The van der Waals surface area contributed by atoms with Gasteiger partial charge in [0.1, 0.15) is 0 Å². The summed E-state index contributed by atoms with van der Waals surface area (Å²) in [5.74, 6) is 0. The first-order valence-electron chi connectivity index (χ1n) is 9.03. The molecule has 1 aromatic rings. The van der Waals surface area contributed by atoms with Gasteiger partial charge in [-0.3, -0.25) is 14.1 Å². The molecule has 24 heavy (non-hydrogen) atoms. The van der Waals surface area contributed by atoms with Crippen molar-refractivity contribution >= 4 is 10.4 Å². The van der Waals surface area contributed by atoms with Crippen LogP contribution in [0.25, 0.3) is 0 Å². The quantitative estimate of drug-likeness (QED) is 0.391. The summed E-state index contributed by atoms with van der Waals surface area (Å²) in [6.07, 6.45) is 18.6. The Morgan fingerprint density at radius 1 is 0.833 bits per heavy atom. The van der Waals surface area contributed by atoms with Crippen LogP contribution in [-0.4, -0.2) is 22.5 Å². The fraction of sp³-hybridized carbons (Fsp3) is 0.722. The average molecular weight is 360 g/mol. The van der Waals surface area contributed by atoms with Crippen LogP contribution in [0.5, 0.6) is 0 Å². The van der Waals surface area contributed by atoms with Gasteiger partial charge in [0.2, 0.25) is 0 Å². The van der Waals surface area contributed by atoms with E-state index in [1.54, 1.807) is 0 Å². The Balaban J connectivity index is 0.000000922. The summed E-state index contributed by atoms with van der Waals surface area (Å²) in [5, 5.41) is 0. The Hall–Kier alpha value is -0.980. The van der Waals surface area contributed by atoms with Crippen LogP contribution >= 0.6 is 0 Å². The third-order valence-electron chi connectivity index (χ3n) is 3.76. The average Bonchev–Trinajstić information content (AvgIpc) is 2.52. The molecule has 0 bridgehead atoms. The Bertz CT molecular complexity index is 469. The van der Waals surface area contributed by atoms with Crippen molar-refractivity contribution in [2.24, 2.45) is 0 Å². The van der Waals surface area contributed by atoms with E-state index in [-0.39, 0.29) is 0 Å². The molecule has 1 heterocycles. The van der Waals surface area contributed by atoms with Crippen molar-refractivity contribution in [2.75, 3.05) is 0 Å². The second kappa shape index (κ2) is 15.5. The molecule has 0 radical (unpaired) electrons. The number of unbranched alkanes of at least 4 members (excludes halogenated alkanes) is 10. The zero-order chi connectivity index (χ0) is 18.1. The molecule has 140 valence electrons. The lowest BCUT2D eigenvalue weighted by Crippen LogP contribution is -1.89. The van der Waals surface area contributed by atoms with E-state index in [4.69, 9.17) is 17.5 Å². The van der Waals surface area contributed by atoms with Gasteiger partial charge in [0.25, 0.3) is 0 Å². The summed E-state index contributed by atoms with van der Waals surface area (Å²) in [6, 6.07) is 6.21. The van der Waals surface area contributed by atoms with Crippen molar-refractivity contribution in [2.45, 2.75) is 84.0 Å². The number of pyridine rings is 1. The molecule has 0 atom stereocenters. The molecular formula is C18H33NO4S. The highest BCUT2D eigenvalue weighted by atomic mass is 32.3. The van der Waals surface area contributed by atoms with Gasteiger partial charge in [0, 0.05) is 11.9 Å². The van der Waals surface area contributed by atoms with E-state index in [9.17, 15) is 0 Å². The van der Waals surface area contributed by atoms with Crippen LogP contribution in [0.1, 0.15) is 83.2 Å². The van der Waals surface area contributed by atoms with Gasteiger partial charge in [-0.2, -0.15) is 8.42 Å². The molecule has 1 rings (SSSR count). The minimum Gasteiger partial charge on any atom is -0.264 e. The van der Waals surface area contributed by atoms with E-state index in [2.05, 4.69) is 24.0 Å². The Kier molecular flexibility index (Phi) is 14.9. The Morgan fingerprint density at radius 2 is 1.29 bits per heavy atom. The van der Waals surface area contributed by atoms with Gasteiger partial charge in [-0.25, -0.2) is 0 Å². The van der Waals surface area contributed by atoms with E-state index >= 15 is 0 Å². The molecule has 0 aliphatic rings. The van der Waals surface area contributed by atoms with Gasteiger partial charge in [0.05, 0.1) is 0 Å². The van der Waals surface area contributed by atoms with Crippen molar-refractivity contribution in [1.82, 2.24) is 4.98 Å². The first-order chi connectivity index (χ1) is 11.4. The maximum absolute atomic E-state index is 8.74. The van der Waals surface area contributed by atoms with Crippen LogP contribution in [0.3, 0.4) is 0 Å². The largest absolute Gasteiger partial charge is 0.394 e. The highest BCUT2D eigenvalue weighted by Crippen LogP contribution is 2.12. The van der Waals surface area contributed by atoms with Crippen molar-refractivity contribution < 1.29 is 17.5 Å². The molecule has 0 saturated heterocycles. The molecule has 6 heteroatoms. The van der Waals surface area contributed by atoms with Gasteiger partial charge in [0.15, 0.2) is 0 Å². The molecule has 0 aliphatic carbocycles. The van der Waals surface area contributed by atoms with Crippen LogP contribution in [0.15, 0.2) is 24.4 Å². The first-order valence-corrected chi connectivity index (χ1v) is 10.4. The first kappa shape index (κ1) is 23.0. The molecule has 2 N–H and O–H groups in total. The van der Waals surface area contributed by atoms with Crippen LogP contribution in [0.2, 0.25) is 0 Å². The molecule has 0 spiro atoms. The topological polar surface area (TPSA) is 87.5 Å². The van der Waals surface area contributed by atoms with E-state index in [1.165, 1.54) is 76.3 Å². The van der Waals surface area contributed by atoms with Crippen molar-refractivity contribution in [3.8, 4) is 0 Å². The third kappa shape index (κ3) is 21.0. The fourth-order valence-corrected chi connectivity index (χ4v) is 2.52. The Morgan fingerprint density at radius 3 is 1.71 bits per heavy atom. The summed E-state index contributed by atoms with van der Waals surface area (Å²) < 4.78 is 31.6. The van der Waals surface area contributed by atoms with Gasteiger partial charge in [-0.15, -0.1) is 0 Å². The molecule has 1 aromatic heterocycles. The maximum atomic E-state index is 8.74. The fourth-order valence-electron chi connectivity index (χ4n) is 2.52. The van der Waals surface area contributed by atoms with Crippen molar-refractivity contribution in [3.63, 3.8) is 0 Å². The number of hydrogen-bond donors (Lipinski definition) is 2. The third-order valence-corrected chi connectivity index (χ3v) is 3.76. The number of rotatable bonds is 12. The van der Waals surface area contributed by atoms with E-state index in [0.717, 1.165) is 6.42 Å². The zero-order valence-corrected chi connectivity index (χ0v) is 15.7. The summed E-state index contributed by atoms with van der Waals surface area (Å²) in [5.41, 5.74) is 1.25. The van der Waals surface area contributed by atoms with Crippen LogP contribution in [-0.2, 0) is 16.8 Å². The normalized spacial score (nSPS) is 11.0. The molecular weight excluding hydrogens is 326 g/mol. The lowest BCUT2D eigenvalue weighted by Gasteiger charge is -2.02. The molecule has 0 unspecified atom stereocenters. The highest BCUT2D eigenvalue weighted by molar-refractivity contribution is 7.79. The number of aryl methyl sites for hydroxylation is 1. The SMILES string of the molecule is CCCCCCCCCCCCCc1ccccn1.O=S(=O)(O)O. The number of hydrogen-bond acceptors (Lipinski definition) is 3. The van der Waals surface area contributed by atoms with Gasteiger partial charge in [-0.1, -0.05) is 77.2 Å². The molecule has 0 saturated carbocycles. The van der Waals surface area contributed by atoms with Gasteiger partial charge >= 0.3 is 10.4 Å².